The molecule has 0 aliphatic carbocycles. The Bertz CT molecular complexity index is 106. The van der Waals surface area contributed by atoms with Crippen molar-refractivity contribution in [2.75, 3.05) is 12.0 Å². The summed E-state index contributed by atoms with van der Waals surface area (Å²) in [7, 11) is 0. The van der Waals surface area contributed by atoms with Crippen LogP contribution in [0.25, 0.3) is 0 Å². The van der Waals surface area contributed by atoms with Crippen LogP contribution in [0.5, 0.6) is 0 Å². The summed E-state index contributed by atoms with van der Waals surface area (Å²) >= 11 is 6.29. The van der Waals surface area contributed by atoms with Gasteiger partial charge in [-0.1, -0.05) is 13.8 Å². The van der Waals surface area contributed by atoms with Gasteiger partial charge in [0.2, 0.25) is 0 Å². The van der Waals surface area contributed by atoms with E-state index in [0.717, 1.165) is 15.1 Å². The second-order valence-corrected chi connectivity index (χ2v) is 7.35. The van der Waals surface area contributed by atoms with Gasteiger partial charge >= 0.3 is 0 Å². The lowest BCUT2D eigenvalue weighted by Crippen LogP contribution is -2.04. The summed E-state index contributed by atoms with van der Waals surface area (Å²) < 4.78 is 0.882. The van der Waals surface area contributed by atoms with Gasteiger partial charge in [0.1, 0.15) is 0 Å². The fraction of sp³-hybridized carbons (Fsp3) is 1.00. The Kier molecular flexibility index (Phi) is 4.54. The Morgan fingerprint density at radius 3 is 2.18 bits per heavy atom. The molecule has 1 saturated heterocycles. The van der Waals surface area contributed by atoms with Gasteiger partial charge in [-0.25, -0.2) is 0 Å². The molecule has 3 heteroatoms. The van der Waals surface area contributed by atoms with Gasteiger partial charge in [0.05, 0.1) is 4.58 Å². The average molecular weight is 208 g/mol. The standard InChI is InChI=1S/C8H16S3/c1-6-7(2)11-8(10-6)4-5-9-3/h6-8H,4-5H2,1-3H3. The summed E-state index contributed by atoms with van der Waals surface area (Å²) in [5.74, 6) is 1.32. The predicted molar refractivity (Wildman–Crippen MR) is 60.9 cm³/mol. The average Bonchev–Trinajstić information content (AvgIpc) is 2.28. The highest BCUT2D eigenvalue weighted by Crippen LogP contribution is 2.44. The SMILES string of the molecule is CSCCC1SC(C)C(C)S1. The highest BCUT2D eigenvalue weighted by atomic mass is 32.2. The first-order valence-corrected chi connectivity index (χ1v) is 7.32. The van der Waals surface area contributed by atoms with E-state index in [2.05, 4.69) is 43.6 Å². The van der Waals surface area contributed by atoms with Crippen molar-refractivity contribution in [3.8, 4) is 0 Å². The first-order chi connectivity index (χ1) is 5.24. The summed E-state index contributed by atoms with van der Waals surface area (Å²) in [4.78, 5) is 0. The molecule has 0 bridgehead atoms. The lowest BCUT2D eigenvalue weighted by atomic mass is 10.4. The monoisotopic (exact) mass is 208 g/mol. The minimum atomic E-state index is 0.867. The Morgan fingerprint density at radius 2 is 1.73 bits per heavy atom. The van der Waals surface area contributed by atoms with Crippen LogP contribution in [0.1, 0.15) is 20.3 Å². The lowest BCUT2D eigenvalue weighted by molar-refractivity contribution is 0.941. The van der Waals surface area contributed by atoms with Crippen LogP contribution in [0.2, 0.25) is 0 Å². The first kappa shape index (κ1) is 10.1. The smallest absolute Gasteiger partial charge is 0.0516 e. The fourth-order valence-electron chi connectivity index (χ4n) is 1.08. The molecular weight excluding hydrogens is 192 g/mol. The zero-order chi connectivity index (χ0) is 8.27. The molecular formula is C8H16S3. The fourth-order valence-corrected chi connectivity index (χ4v) is 5.45. The van der Waals surface area contributed by atoms with Crippen molar-refractivity contribution in [3.63, 3.8) is 0 Å². The highest BCUT2D eigenvalue weighted by Gasteiger charge is 2.28. The molecule has 2 atom stereocenters. The lowest BCUT2D eigenvalue weighted by Gasteiger charge is -2.05. The molecule has 1 rings (SSSR count). The maximum Gasteiger partial charge on any atom is 0.0516 e. The van der Waals surface area contributed by atoms with Crippen molar-refractivity contribution in [1.82, 2.24) is 0 Å². The summed E-state index contributed by atoms with van der Waals surface area (Å²) in [6, 6.07) is 0. The van der Waals surface area contributed by atoms with Crippen LogP contribution < -0.4 is 0 Å². The molecule has 1 aliphatic rings. The zero-order valence-electron chi connectivity index (χ0n) is 7.37. The number of rotatable bonds is 3. The Balaban J connectivity index is 2.18. The maximum atomic E-state index is 2.35. The zero-order valence-corrected chi connectivity index (χ0v) is 9.82. The van der Waals surface area contributed by atoms with Gasteiger partial charge in [-0.15, -0.1) is 23.5 Å². The second-order valence-electron chi connectivity index (χ2n) is 2.89. The number of thioether (sulfide) groups is 3. The van der Waals surface area contributed by atoms with E-state index in [1.807, 2.05) is 11.8 Å². The van der Waals surface area contributed by atoms with Gasteiger partial charge in [-0.05, 0) is 18.4 Å². The normalized spacial score (nSPS) is 37.9. The molecule has 0 aromatic rings. The summed E-state index contributed by atoms with van der Waals surface area (Å²) in [6.07, 6.45) is 3.57. The molecule has 0 saturated carbocycles. The molecule has 1 heterocycles. The molecule has 0 N–H and O–H groups in total. The summed E-state index contributed by atoms with van der Waals surface area (Å²) in [6.45, 7) is 4.70. The third-order valence-corrected chi connectivity index (χ3v) is 6.19. The van der Waals surface area contributed by atoms with Gasteiger partial charge in [-0.3, -0.25) is 0 Å². The van der Waals surface area contributed by atoms with Gasteiger partial charge in [0, 0.05) is 10.5 Å². The van der Waals surface area contributed by atoms with E-state index >= 15 is 0 Å². The van der Waals surface area contributed by atoms with Crippen molar-refractivity contribution in [2.24, 2.45) is 0 Å². The second kappa shape index (κ2) is 4.93. The van der Waals surface area contributed by atoms with E-state index < -0.39 is 0 Å². The van der Waals surface area contributed by atoms with Crippen LogP contribution in [-0.2, 0) is 0 Å². The Labute approximate surface area is 82.7 Å². The number of hydrogen-bond donors (Lipinski definition) is 0. The van der Waals surface area contributed by atoms with Gasteiger partial charge < -0.3 is 0 Å². The van der Waals surface area contributed by atoms with Crippen LogP contribution in [-0.4, -0.2) is 27.1 Å². The third kappa shape index (κ3) is 3.11. The number of hydrogen-bond acceptors (Lipinski definition) is 3. The largest absolute Gasteiger partial charge is 0.165 e. The maximum absolute atomic E-state index is 2.35. The molecule has 66 valence electrons. The van der Waals surface area contributed by atoms with Crippen LogP contribution in [0.15, 0.2) is 0 Å². The van der Waals surface area contributed by atoms with E-state index in [4.69, 9.17) is 0 Å². The van der Waals surface area contributed by atoms with Gasteiger partial charge in [0.15, 0.2) is 0 Å². The molecule has 0 nitrogen and oxygen atoms in total. The van der Waals surface area contributed by atoms with E-state index in [1.165, 1.54) is 12.2 Å². The van der Waals surface area contributed by atoms with Gasteiger partial charge in [-0.2, -0.15) is 11.8 Å². The minimum Gasteiger partial charge on any atom is -0.165 e. The summed E-state index contributed by atoms with van der Waals surface area (Å²) in [5.41, 5.74) is 0. The quantitative estimate of drug-likeness (QED) is 0.698. The summed E-state index contributed by atoms with van der Waals surface area (Å²) in [5, 5.41) is 1.73. The molecule has 1 aliphatic heterocycles. The van der Waals surface area contributed by atoms with Gasteiger partial charge in [0.25, 0.3) is 0 Å². The van der Waals surface area contributed by atoms with Crippen molar-refractivity contribution in [1.29, 1.82) is 0 Å². The van der Waals surface area contributed by atoms with E-state index in [1.54, 1.807) is 0 Å². The van der Waals surface area contributed by atoms with Crippen molar-refractivity contribution < 1.29 is 0 Å². The first-order valence-electron chi connectivity index (χ1n) is 4.04. The van der Waals surface area contributed by atoms with E-state index in [9.17, 15) is 0 Å². The van der Waals surface area contributed by atoms with E-state index in [0.29, 0.717) is 0 Å². The molecule has 0 aromatic heterocycles. The predicted octanol–water partition coefficient (Wildman–Crippen LogP) is 3.32. The van der Waals surface area contributed by atoms with Crippen molar-refractivity contribution in [3.05, 3.63) is 0 Å². The minimum absolute atomic E-state index is 0.867. The molecule has 0 amide bonds. The van der Waals surface area contributed by atoms with Crippen LogP contribution in [0, 0.1) is 0 Å². The van der Waals surface area contributed by atoms with Crippen LogP contribution in [0.4, 0.5) is 0 Å². The Morgan fingerprint density at radius 1 is 1.18 bits per heavy atom. The van der Waals surface area contributed by atoms with E-state index in [-0.39, 0.29) is 0 Å². The Hall–Kier alpha value is 1.05. The van der Waals surface area contributed by atoms with Crippen LogP contribution >= 0.6 is 35.3 Å². The topological polar surface area (TPSA) is 0 Å². The highest BCUT2D eigenvalue weighted by molar-refractivity contribution is 8.20. The molecule has 1 fully saturated rings. The van der Waals surface area contributed by atoms with Crippen molar-refractivity contribution >= 4 is 35.3 Å². The molecule has 0 aromatic carbocycles. The molecule has 11 heavy (non-hydrogen) atoms. The molecule has 0 radical (unpaired) electrons. The van der Waals surface area contributed by atoms with Crippen molar-refractivity contribution in [2.45, 2.75) is 35.4 Å². The molecule has 0 spiro atoms. The third-order valence-electron chi connectivity index (χ3n) is 1.95. The van der Waals surface area contributed by atoms with Crippen LogP contribution in [0.3, 0.4) is 0 Å². The molecule has 2 unspecified atom stereocenters.